The number of benzene rings is 2. The molecule has 132 valence electrons. The van der Waals surface area contributed by atoms with Crippen molar-refractivity contribution in [2.45, 2.75) is 20.3 Å². The van der Waals surface area contributed by atoms with Crippen molar-refractivity contribution in [1.82, 2.24) is 14.5 Å². The minimum atomic E-state index is 0.670. The van der Waals surface area contributed by atoms with E-state index in [-0.39, 0.29) is 0 Å². The molecule has 2 aromatic heterocycles. The van der Waals surface area contributed by atoms with Gasteiger partial charge in [0.25, 0.3) is 0 Å². The maximum atomic E-state index is 4.47. The Bertz CT molecular complexity index is 1060. The van der Waals surface area contributed by atoms with Gasteiger partial charge in [0.05, 0.1) is 5.52 Å². The van der Waals surface area contributed by atoms with Crippen LogP contribution in [0.25, 0.3) is 32.9 Å². The number of rotatable bonds is 5. The van der Waals surface area contributed by atoms with Gasteiger partial charge in [0.15, 0.2) is 0 Å². The van der Waals surface area contributed by atoms with Gasteiger partial charge in [-0.3, -0.25) is 0 Å². The molecule has 2 aromatic carbocycles. The molecule has 0 spiro atoms. The molecule has 1 N–H and O–H groups in total. The van der Waals surface area contributed by atoms with Crippen LogP contribution in [0, 0.1) is 5.92 Å². The number of hydrogen-bond acceptors (Lipinski definition) is 3. The summed E-state index contributed by atoms with van der Waals surface area (Å²) in [6.45, 7) is 5.39. The van der Waals surface area contributed by atoms with Crippen LogP contribution < -0.4 is 5.32 Å². The first-order chi connectivity index (χ1) is 12.6. The Morgan fingerprint density at radius 3 is 2.65 bits per heavy atom. The second-order valence-electron chi connectivity index (χ2n) is 7.26. The Hall–Kier alpha value is -2.88. The summed E-state index contributed by atoms with van der Waals surface area (Å²) in [5, 5.41) is 5.80. The summed E-state index contributed by atoms with van der Waals surface area (Å²) in [6.07, 6.45) is 4.85. The van der Waals surface area contributed by atoms with Gasteiger partial charge in [-0.1, -0.05) is 26.0 Å². The maximum Gasteiger partial charge on any atom is 0.137 e. The molecule has 4 nitrogen and oxygen atoms in total. The molecule has 26 heavy (non-hydrogen) atoms. The largest absolute Gasteiger partial charge is 0.369 e. The Labute approximate surface area is 153 Å². The number of aromatic nitrogens is 3. The van der Waals surface area contributed by atoms with Gasteiger partial charge in [0, 0.05) is 36.1 Å². The van der Waals surface area contributed by atoms with Crippen LogP contribution in [0.1, 0.15) is 20.3 Å². The maximum absolute atomic E-state index is 4.47. The number of nitrogens with zero attached hydrogens (tertiary/aromatic N) is 3. The number of anilines is 1. The van der Waals surface area contributed by atoms with Crippen LogP contribution in [-0.2, 0) is 7.05 Å². The highest BCUT2D eigenvalue weighted by Gasteiger charge is 2.08. The molecule has 0 unspecified atom stereocenters. The van der Waals surface area contributed by atoms with Crippen molar-refractivity contribution < 1.29 is 0 Å². The van der Waals surface area contributed by atoms with Crippen molar-refractivity contribution in [3.8, 4) is 11.1 Å². The third kappa shape index (κ3) is 3.15. The molecule has 4 heteroatoms. The van der Waals surface area contributed by atoms with Crippen molar-refractivity contribution in [2.75, 3.05) is 11.9 Å². The zero-order chi connectivity index (χ0) is 18.1. The third-order valence-corrected chi connectivity index (χ3v) is 4.87. The molecule has 2 heterocycles. The van der Waals surface area contributed by atoms with Gasteiger partial charge in [0.1, 0.15) is 12.1 Å². The Kier molecular flexibility index (Phi) is 4.33. The van der Waals surface area contributed by atoms with E-state index in [1.807, 2.05) is 0 Å². The highest BCUT2D eigenvalue weighted by molar-refractivity contribution is 5.94. The second-order valence-corrected chi connectivity index (χ2v) is 7.26. The van der Waals surface area contributed by atoms with Gasteiger partial charge in [-0.15, -0.1) is 0 Å². The minimum Gasteiger partial charge on any atom is -0.369 e. The van der Waals surface area contributed by atoms with E-state index in [4.69, 9.17) is 0 Å². The number of aryl methyl sites for hydroxylation is 1. The second kappa shape index (κ2) is 6.79. The molecule has 0 amide bonds. The predicted molar refractivity (Wildman–Crippen MR) is 109 cm³/mol. The van der Waals surface area contributed by atoms with Crippen LogP contribution in [0.4, 0.5) is 5.82 Å². The highest BCUT2D eigenvalue weighted by Crippen LogP contribution is 2.29. The van der Waals surface area contributed by atoms with E-state index in [0.29, 0.717) is 5.92 Å². The first-order valence-corrected chi connectivity index (χ1v) is 9.16. The van der Waals surface area contributed by atoms with Crippen LogP contribution in [0.5, 0.6) is 0 Å². The lowest BCUT2D eigenvalue weighted by atomic mass is 10.0. The quantitative estimate of drug-likeness (QED) is 0.538. The first kappa shape index (κ1) is 16.6. The fourth-order valence-electron chi connectivity index (χ4n) is 3.32. The zero-order valence-electron chi connectivity index (χ0n) is 15.5. The molecule has 4 rings (SSSR count). The van der Waals surface area contributed by atoms with Crippen LogP contribution >= 0.6 is 0 Å². The lowest BCUT2D eigenvalue weighted by Crippen LogP contribution is -2.06. The SMILES string of the molecule is CC(C)CCNc1ncnc2ccc(-c3ccc4c(ccn4C)c3)cc12. The van der Waals surface area contributed by atoms with Crippen LogP contribution in [-0.4, -0.2) is 21.1 Å². The molecule has 4 aromatic rings. The van der Waals surface area contributed by atoms with Gasteiger partial charge in [-0.2, -0.15) is 0 Å². The van der Waals surface area contributed by atoms with E-state index in [1.165, 1.54) is 22.0 Å². The highest BCUT2D eigenvalue weighted by atomic mass is 15.0. The summed E-state index contributed by atoms with van der Waals surface area (Å²) in [4.78, 5) is 8.88. The summed E-state index contributed by atoms with van der Waals surface area (Å²) in [6, 6.07) is 15.2. The van der Waals surface area contributed by atoms with E-state index >= 15 is 0 Å². The molecule has 0 fully saturated rings. The molecule has 0 radical (unpaired) electrons. The van der Waals surface area contributed by atoms with Gasteiger partial charge < -0.3 is 9.88 Å². The van der Waals surface area contributed by atoms with E-state index < -0.39 is 0 Å². The number of nitrogens with one attached hydrogen (secondary N) is 1. The molecule has 0 aliphatic rings. The number of hydrogen-bond donors (Lipinski definition) is 1. The van der Waals surface area contributed by atoms with Crippen LogP contribution in [0.15, 0.2) is 55.0 Å². The van der Waals surface area contributed by atoms with Crippen molar-refractivity contribution in [1.29, 1.82) is 0 Å². The third-order valence-electron chi connectivity index (χ3n) is 4.87. The Morgan fingerprint density at radius 1 is 1.00 bits per heavy atom. The van der Waals surface area contributed by atoms with Crippen molar-refractivity contribution in [2.24, 2.45) is 13.0 Å². The number of fused-ring (bicyclic) bond motifs is 2. The average molecular weight is 344 g/mol. The van der Waals surface area contributed by atoms with Crippen molar-refractivity contribution in [3.05, 3.63) is 55.0 Å². The Balaban J connectivity index is 1.73. The normalized spacial score (nSPS) is 11.5. The standard InChI is InChI=1S/C22H24N4/c1-15(2)8-10-23-22-19-13-17(4-6-20(19)24-14-25-22)16-5-7-21-18(12-16)9-11-26(21)3/h4-7,9,11-15H,8,10H2,1-3H3,(H,23,24,25). The summed E-state index contributed by atoms with van der Waals surface area (Å²) in [7, 11) is 2.07. The topological polar surface area (TPSA) is 42.7 Å². The molecular formula is C22H24N4. The first-order valence-electron chi connectivity index (χ1n) is 9.16. The van der Waals surface area contributed by atoms with Gasteiger partial charge in [0.2, 0.25) is 0 Å². The molecule has 0 saturated carbocycles. The van der Waals surface area contributed by atoms with Crippen LogP contribution in [0.3, 0.4) is 0 Å². The Morgan fingerprint density at radius 2 is 1.81 bits per heavy atom. The van der Waals surface area contributed by atoms with Crippen molar-refractivity contribution >= 4 is 27.6 Å². The predicted octanol–water partition coefficient (Wildman–Crippen LogP) is 5.25. The lowest BCUT2D eigenvalue weighted by Gasteiger charge is -2.11. The molecule has 0 aliphatic carbocycles. The van der Waals surface area contributed by atoms with E-state index in [1.54, 1.807) is 6.33 Å². The summed E-state index contributed by atoms with van der Waals surface area (Å²) in [5.41, 5.74) is 4.61. The molecule has 0 atom stereocenters. The van der Waals surface area contributed by atoms with E-state index in [2.05, 4.69) is 89.4 Å². The average Bonchev–Trinajstić information content (AvgIpc) is 3.02. The minimum absolute atomic E-state index is 0.670. The van der Waals surface area contributed by atoms with Gasteiger partial charge in [-0.05, 0) is 53.8 Å². The summed E-state index contributed by atoms with van der Waals surface area (Å²) in [5.74, 6) is 1.59. The summed E-state index contributed by atoms with van der Waals surface area (Å²) >= 11 is 0. The zero-order valence-corrected chi connectivity index (χ0v) is 15.5. The van der Waals surface area contributed by atoms with E-state index in [9.17, 15) is 0 Å². The summed E-state index contributed by atoms with van der Waals surface area (Å²) < 4.78 is 2.14. The lowest BCUT2D eigenvalue weighted by molar-refractivity contribution is 0.607. The van der Waals surface area contributed by atoms with Gasteiger partial charge >= 0.3 is 0 Å². The fourth-order valence-corrected chi connectivity index (χ4v) is 3.32. The smallest absolute Gasteiger partial charge is 0.137 e. The van der Waals surface area contributed by atoms with Crippen LogP contribution in [0.2, 0.25) is 0 Å². The van der Waals surface area contributed by atoms with Crippen molar-refractivity contribution in [3.63, 3.8) is 0 Å². The van der Waals surface area contributed by atoms with Gasteiger partial charge in [-0.25, -0.2) is 9.97 Å². The fraction of sp³-hybridized carbons (Fsp3) is 0.273. The molecular weight excluding hydrogens is 320 g/mol. The monoisotopic (exact) mass is 344 g/mol. The van der Waals surface area contributed by atoms with E-state index in [0.717, 1.165) is 29.7 Å². The molecule has 0 aliphatic heterocycles. The molecule has 0 bridgehead atoms. The molecule has 0 saturated heterocycles.